The molecular formula is C10H5Br2F2N3. The molecule has 0 spiro atoms. The normalized spacial score (nSPS) is 10.4. The molecule has 2 aromatic rings. The number of hydrogen-bond acceptors (Lipinski definition) is 3. The molecule has 7 heteroatoms. The summed E-state index contributed by atoms with van der Waals surface area (Å²) in [5.41, 5.74) is 0.0105. The van der Waals surface area contributed by atoms with Crippen molar-refractivity contribution in [1.29, 1.82) is 0 Å². The van der Waals surface area contributed by atoms with Crippen LogP contribution in [0.4, 0.5) is 20.3 Å². The van der Waals surface area contributed by atoms with Gasteiger partial charge in [0.1, 0.15) is 28.4 Å². The Hall–Kier alpha value is -1.08. The van der Waals surface area contributed by atoms with Gasteiger partial charge in [0.25, 0.3) is 0 Å². The molecule has 0 radical (unpaired) electrons. The second-order valence-electron chi connectivity index (χ2n) is 3.10. The standard InChI is InChI=1S/C10H5Br2F2N3/c11-5-1-7(14)8(2-6(5)13)17-10-3-9(12)15-4-16-10/h1-4H,(H,15,16,17). The zero-order valence-corrected chi connectivity index (χ0v) is 11.4. The third-order valence-electron chi connectivity index (χ3n) is 1.91. The minimum absolute atomic E-state index is 0.0105. The van der Waals surface area contributed by atoms with E-state index in [0.717, 1.165) is 12.1 Å². The number of aromatic nitrogens is 2. The van der Waals surface area contributed by atoms with Crippen LogP contribution >= 0.6 is 31.9 Å². The molecule has 0 saturated heterocycles. The van der Waals surface area contributed by atoms with E-state index in [1.165, 1.54) is 6.33 Å². The highest BCUT2D eigenvalue weighted by Crippen LogP contribution is 2.25. The first-order valence-electron chi connectivity index (χ1n) is 4.45. The van der Waals surface area contributed by atoms with Crippen LogP contribution in [0.25, 0.3) is 0 Å². The highest BCUT2D eigenvalue weighted by Gasteiger charge is 2.09. The number of benzene rings is 1. The maximum atomic E-state index is 13.5. The zero-order chi connectivity index (χ0) is 12.4. The van der Waals surface area contributed by atoms with Crippen molar-refractivity contribution in [3.63, 3.8) is 0 Å². The van der Waals surface area contributed by atoms with E-state index in [-0.39, 0.29) is 10.2 Å². The van der Waals surface area contributed by atoms with Gasteiger partial charge >= 0.3 is 0 Å². The van der Waals surface area contributed by atoms with Crippen LogP contribution in [0.2, 0.25) is 0 Å². The van der Waals surface area contributed by atoms with Crippen LogP contribution < -0.4 is 5.32 Å². The van der Waals surface area contributed by atoms with Crippen molar-refractivity contribution in [2.45, 2.75) is 0 Å². The average Bonchev–Trinajstić information content (AvgIpc) is 2.26. The van der Waals surface area contributed by atoms with Crippen LogP contribution in [-0.4, -0.2) is 9.97 Å². The molecule has 0 aliphatic heterocycles. The summed E-state index contributed by atoms with van der Waals surface area (Å²) in [6, 6.07) is 3.66. The predicted molar refractivity (Wildman–Crippen MR) is 67.1 cm³/mol. The fraction of sp³-hybridized carbons (Fsp3) is 0. The maximum Gasteiger partial charge on any atom is 0.148 e. The van der Waals surface area contributed by atoms with Crippen molar-refractivity contribution < 1.29 is 8.78 Å². The van der Waals surface area contributed by atoms with Crippen LogP contribution in [-0.2, 0) is 0 Å². The lowest BCUT2D eigenvalue weighted by molar-refractivity contribution is 0.597. The van der Waals surface area contributed by atoms with E-state index < -0.39 is 11.6 Å². The fourth-order valence-electron chi connectivity index (χ4n) is 1.16. The van der Waals surface area contributed by atoms with E-state index in [0.29, 0.717) is 10.4 Å². The number of nitrogens with zero attached hydrogens (tertiary/aromatic N) is 2. The molecule has 88 valence electrons. The van der Waals surface area contributed by atoms with E-state index in [2.05, 4.69) is 47.1 Å². The summed E-state index contributed by atoms with van der Waals surface area (Å²) in [6.07, 6.45) is 1.31. The molecule has 0 saturated carbocycles. The molecule has 0 unspecified atom stereocenters. The van der Waals surface area contributed by atoms with Crippen LogP contribution in [0.3, 0.4) is 0 Å². The van der Waals surface area contributed by atoms with Crippen molar-refractivity contribution in [3.8, 4) is 0 Å². The zero-order valence-electron chi connectivity index (χ0n) is 8.22. The van der Waals surface area contributed by atoms with E-state index >= 15 is 0 Å². The highest BCUT2D eigenvalue weighted by atomic mass is 79.9. The first-order chi connectivity index (χ1) is 8.06. The Labute approximate surface area is 113 Å². The molecule has 0 aliphatic rings. The Morgan fingerprint density at radius 3 is 2.47 bits per heavy atom. The quantitative estimate of drug-likeness (QED) is 0.646. The molecule has 17 heavy (non-hydrogen) atoms. The monoisotopic (exact) mass is 363 g/mol. The van der Waals surface area contributed by atoms with Gasteiger partial charge in [0.2, 0.25) is 0 Å². The van der Waals surface area contributed by atoms with Gasteiger partial charge in [-0.15, -0.1) is 0 Å². The van der Waals surface area contributed by atoms with Crippen molar-refractivity contribution in [3.05, 3.63) is 45.2 Å². The largest absolute Gasteiger partial charge is 0.338 e. The van der Waals surface area contributed by atoms with Gasteiger partial charge in [0.05, 0.1) is 10.2 Å². The van der Waals surface area contributed by atoms with E-state index in [4.69, 9.17) is 0 Å². The number of rotatable bonds is 2. The number of nitrogens with one attached hydrogen (secondary N) is 1. The Morgan fingerprint density at radius 1 is 1.00 bits per heavy atom. The van der Waals surface area contributed by atoms with Crippen molar-refractivity contribution in [1.82, 2.24) is 9.97 Å². The second-order valence-corrected chi connectivity index (χ2v) is 4.76. The van der Waals surface area contributed by atoms with Crippen molar-refractivity contribution >= 4 is 43.4 Å². The van der Waals surface area contributed by atoms with Crippen LogP contribution in [0, 0.1) is 11.6 Å². The molecule has 0 atom stereocenters. The summed E-state index contributed by atoms with van der Waals surface area (Å²) >= 11 is 6.05. The summed E-state index contributed by atoms with van der Waals surface area (Å²) < 4.78 is 27.4. The van der Waals surface area contributed by atoms with Gasteiger partial charge in [-0.2, -0.15) is 0 Å². The molecule has 0 aliphatic carbocycles. The van der Waals surface area contributed by atoms with E-state index in [1.54, 1.807) is 6.07 Å². The van der Waals surface area contributed by atoms with Crippen LogP contribution in [0.1, 0.15) is 0 Å². The van der Waals surface area contributed by atoms with Crippen LogP contribution in [0.5, 0.6) is 0 Å². The summed E-state index contributed by atoms with van der Waals surface area (Å²) in [6.45, 7) is 0. The third-order valence-corrected chi connectivity index (χ3v) is 2.95. The first kappa shape index (κ1) is 12.4. The molecule has 1 heterocycles. The van der Waals surface area contributed by atoms with Gasteiger partial charge in [-0.3, -0.25) is 0 Å². The number of hydrogen-bond donors (Lipinski definition) is 1. The van der Waals surface area contributed by atoms with Gasteiger partial charge in [-0.05, 0) is 37.9 Å². The average molecular weight is 365 g/mol. The van der Waals surface area contributed by atoms with Gasteiger partial charge in [-0.25, -0.2) is 18.7 Å². The minimum atomic E-state index is -0.576. The minimum Gasteiger partial charge on any atom is -0.338 e. The molecule has 0 amide bonds. The van der Waals surface area contributed by atoms with Crippen LogP contribution in [0.15, 0.2) is 33.6 Å². The fourth-order valence-corrected chi connectivity index (χ4v) is 1.78. The molecular weight excluding hydrogens is 360 g/mol. The maximum absolute atomic E-state index is 13.5. The molecule has 1 aromatic carbocycles. The Morgan fingerprint density at radius 2 is 1.76 bits per heavy atom. The Bertz CT molecular complexity index is 563. The number of anilines is 2. The lowest BCUT2D eigenvalue weighted by atomic mass is 10.3. The summed E-state index contributed by atoms with van der Waals surface area (Å²) in [5.74, 6) is -0.762. The Balaban J connectivity index is 2.33. The third kappa shape index (κ3) is 2.98. The lowest BCUT2D eigenvalue weighted by Gasteiger charge is -2.07. The van der Waals surface area contributed by atoms with Crippen molar-refractivity contribution in [2.24, 2.45) is 0 Å². The Kier molecular flexibility index (Phi) is 3.68. The molecule has 2 rings (SSSR count). The number of halogens is 4. The molecule has 0 bridgehead atoms. The summed E-state index contributed by atoms with van der Waals surface area (Å²) in [7, 11) is 0. The lowest BCUT2D eigenvalue weighted by Crippen LogP contribution is -1.98. The van der Waals surface area contributed by atoms with Gasteiger partial charge in [-0.1, -0.05) is 0 Å². The summed E-state index contributed by atoms with van der Waals surface area (Å²) in [5, 5.41) is 2.66. The topological polar surface area (TPSA) is 37.8 Å². The van der Waals surface area contributed by atoms with Gasteiger partial charge in [0.15, 0.2) is 0 Å². The van der Waals surface area contributed by atoms with Gasteiger partial charge < -0.3 is 5.32 Å². The molecule has 3 nitrogen and oxygen atoms in total. The highest BCUT2D eigenvalue weighted by molar-refractivity contribution is 9.10. The molecule has 1 aromatic heterocycles. The second kappa shape index (κ2) is 5.05. The predicted octanol–water partition coefficient (Wildman–Crippen LogP) is 4.02. The summed E-state index contributed by atoms with van der Waals surface area (Å²) in [4.78, 5) is 7.70. The van der Waals surface area contributed by atoms with E-state index in [1.807, 2.05) is 0 Å². The SMILES string of the molecule is Fc1cc(Nc2cc(Br)ncn2)c(F)cc1Br. The smallest absolute Gasteiger partial charge is 0.148 e. The molecule has 0 fully saturated rings. The first-order valence-corrected chi connectivity index (χ1v) is 6.04. The molecule has 1 N–H and O–H groups in total. The van der Waals surface area contributed by atoms with Crippen molar-refractivity contribution in [2.75, 3.05) is 5.32 Å². The van der Waals surface area contributed by atoms with Gasteiger partial charge in [0, 0.05) is 12.1 Å². The van der Waals surface area contributed by atoms with E-state index in [9.17, 15) is 8.78 Å².